The predicted molar refractivity (Wildman–Crippen MR) is 74.4 cm³/mol. The number of carbonyl (C=O) groups is 2. The first-order valence-corrected chi connectivity index (χ1v) is 7.08. The Morgan fingerprint density at radius 3 is 2.22 bits per heavy atom. The lowest BCUT2D eigenvalue weighted by Crippen LogP contribution is -2.03. The van der Waals surface area contributed by atoms with Crippen molar-refractivity contribution in [2.45, 2.75) is 25.7 Å². The van der Waals surface area contributed by atoms with Crippen molar-refractivity contribution in [2.24, 2.45) is 0 Å². The molecule has 0 bridgehead atoms. The standard InChI is InChI=1S/C14H17BrO3/c1-18-14(17)12-8-6-11(7-9-12)13(16)5-3-2-4-10-15/h6-9H,2-5,10H2,1H3. The molecule has 0 saturated heterocycles. The molecule has 0 atom stereocenters. The Balaban J connectivity index is 2.51. The van der Waals surface area contributed by atoms with E-state index in [1.807, 2.05) is 0 Å². The molecule has 98 valence electrons. The topological polar surface area (TPSA) is 43.4 Å². The van der Waals surface area contributed by atoms with Crippen molar-refractivity contribution in [3.05, 3.63) is 35.4 Å². The van der Waals surface area contributed by atoms with Crippen molar-refractivity contribution < 1.29 is 14.3 Å². The van der Waals surface area contributed by atoms with Crippen molar-refractivity contribution in [2.75, 3.05) is 12.4 Å². The first-order valence-electron chi connectivity index (χ1n) is 5.96. The number of rotatable bonds is 7. The summed E-state index contributed by atoms with van der Waals surface area (Å²) in [7, 11) is 1.34. The van der Waals surface area contributed by atoms with Gasteiger partial charge in [-0.15, -0.1) is 0 Å². The van der Waals surface area contributed by atoms with Crippen LogP contribution in [0.4, 0.5) is 0 Å². The van der Waals surface area contributed by atoms with Gasteiger partial charge >= 0.3 is 5.97 Å². The van der Waals surface area contributed by atoms with Gasteiger partial charge in [0.15, 0.2) is 5.78 Å². The molecule has 0 fully saturated rings. The van der Waals surface area contributed by atoms with Crippen molar-refractivity contribution >= 4 is 27.7 Å². The summed E-state index contributed by atoms with van der Waals surface area (Å²) in [5.74, 6) is -0.257. The Hall–Kier alpha value is -1.16. The van der Waals surface area contributed by atoms with E-state index in [2.05, 4.69) is 20.7 Å². The summed E-state index contributed by atoms with van der Waals surface area (Å²) in [6.45, 7) is 0. The van der Waals surface area contributed by atoms with Crippen LogP contribution in [-0.4, -0.2) is 24.2 Å². The summed E-state index contributed by atoms with van der Waals surface area (Å²) in [5, 5.41) is 0.981. The van der Waals surface area contributed by atoms with Gasteiger partial charge in [-0.25, -0.2) is 4.79 Å². The van der Waals surface area contributed by atoms with Gasteiger partial charge in [-0.3, -0.25) is 4.79 Å². The van der Waals surface area contributed by atoms with E-state index in [1.54, 1.807) is 24.3 Å². The molecule has 0 amide bonds. The maximum absolute atomic E-state index is 11.8. The molecule has 0 heterocycles. The van der Waals surface area contributed by atoms with Crippen LogP contribution in [0, 0.1) is 0 Å². The number of hydrogen-bond donors (Lipinski definition) is 0. The Bertz CT molecular complexity index is 398. The van der Waals surface area contributed by atoms with Crippen LogP contribution in [0.3, 0.4) is 0 Å². The second kappa shape index (κ2) is 8.03. The molecule has 0 aromatic heterocycles. The van der Waals surface area contributed by atoms with Gasteiger partial charge in [0.2, 0.25) is 0 Å². The first-order chi connectivity index (χ1) is 8.69. The van der Waals surface area contributed by atoms with E-state index in [4.69, 9.17) is 0 Å². The van der Waals surface area contributed by atoms with Crippen molar-refractivity contribution in [3.63, 3.8) is 0 Å². The van der Waals surface area contributed by atoms with Crippen LogP contribution in [0.15, 0.2) is 24.3 Å². The van der Waals surface area contributed by atoms with Crippen LogP contribution in [-0.2, 0) is 4.74 Å². The number of methoxy groups -OCH3 is 1. The van der Waals surface area contributed by atoms with E-state index >= 15 is 0 Å². The van der Waals surface area contributed by atoms with E-state index < -0.39 is 0 Å². The van der Waals surface area contributed by atoms with Gasteiger partial charge in [-0.1, -0.05) is 34.5 Å². The maximum atomic E-state index is 11.8. The summed E-state index contributed by atoms with van der Waals surface area (Å²) in [6, 6.07) is 6.60. The highest BCUT2D eigenvalue weighted by Gasteiger charge is 2.08. The summed E-state index contributed by atoms with van der Waals surface area (Å²) < 4.78 is 4.60. The first kappa shape index (κ1) is 14.9. The predicted octanol–water partition coefficient (Wildman–Crippen LogP) is 3.61. The molecule has 4 heteroatoms. The molecule has 0 aliphatic carbocycles. The fourth-order valence-electron chi connectivity index (χ4n) is 1.61. The minimum atomic E-state index is -0.383. The average molecular weight is 313 g/mol. The molecule has 0 aliphatic heterocycles. The number of unbranched alkanes of at least 4 members (excludes halogenated alkanes) is 2. The van der Waals surface area contributed by atoms with Crippen molar-refractivity contribution in [1.82, 2.24) is 0 Å². The Kier molecular flexibility index (Phi) is 6.65. The van der Waals surface area contributed by atoms with Gasteiger partial charge in [0, 0.05) is 17.3 Å². The highest BCUT2D eigenvalue weighted by Crippen LogP contribution is 2.11. The van der Waals surface area contributed by atoms with Crippen molar-refractivity contribution in [3.8, 4) is 0 Å². The molecular weight excluding hydrogens is 296 g/mol. The van der Waals surface area contributed by atoms with Gasteiger partial charge in [-0.05, 0) is 25.0 Å². The van der Waals surface area contributed by atoms with E-state index in [-0.39, 0.29) is 11.8 Å². The van der Waals surface area contributed by atoms with E-state index in [0.717, 1.165) is 24.6 Å². The number of halogens is 1. The lowest BCUT2D eigenvalue weighted by atomic mass is 10.0. The van der Waals surface area contributed by atoms with Crippen LogP contribution < -0.4 is 0 Å². The second-order valence-corrected chi connectivity index (χ2v) is 4.78. The molecule has 0 spiro atoms. The highest BCUT2D eigenvalue weighted by molar-refractivity contribution is 9.09. The Morgan fingerprint density at radius 1 is 1.06 bits per heavy atom. The minimum Gasteiger partial charge on any atom is -0.465 e. The number of benzene rings is 1. The molecule has 1 rings (SSSR count). The third kappa shape index (κ3) is 4.61. The molecule has 0 aliphatic rings. The molecule has 0 saturated carbocycles. The fraction of sp³-hybridized carbons (Fsp3) is 0.429. The quantitative estimate of drug-likeness (QED) is 0.334. The maximum Gasteiger partial charge on any atom is 0.337 e. The number of alkyl halides is 1. The molecule has 18 heavy (non-hydrogen) atoms. The summed E-state index contributed by atoms with van der Waals surface area (Å²) in [6.07, 6.45) is 3.61. The largest absolute Gasteiger partial charge is 0.465 e. The average Bonchev–Trinajstić information content (AvgIpc) is 2.42. The number of hydrogen-bond acceptors (Lipinski definition) is 3. The van der Waals surface area contributed by atoms with Crippen LogP contribution >= 0.6 is 15.9 Å². The molecule has 1 aromatic rings. The highest BCUT2D eigenvalue weighted by atomic mass is 79.9. The fourth-order valence-corrected chi connectivity index (χ4v) is 2.01. The van der Waals surface area contributed by atoms with E-state index in [0.29, 0.717) is 17.5 Å². The third-order valence-corrected chi connectivity index (χ3v) is 3.23. The zero-order valence-electron chi connectivity index (χ0n) is 10.4. The normalized spacial score (nSPS) is 10.1. The monoisotopic (exact) mass is 312 g/mol. The van der Waals surface area contributed by atoms with Crippen LogP contribution in [0.5, 0.6) is 0 Å². The molecule has 3 nitrogen and oxygen atoms in total. The number of ether oxygens (including phenoxy) is 1. The molecule has 0 radical (unpaired) electrons. The lowest BCUT2D eigenvalue weighted by Gasteiger charge is -2.02. The summed E-state index contributed by atoms with van der Waals surface area (Å²) in [5.41, 5.74) is 1.12. The van der Waals surface area contributed by atoms with Gasteiger partial charge in [-0.2, -0.15) is 0 Å². The van der Waals surface area contributed by atoms with Crippen LogP contribution in [0.1, 0.15) is 46.4 Å². The second-order valence-electron chi connectivity index (χ2n) is 3.99. The molecule has 0 unspecified atom stereocenters. The van der Waals surface area contributed by atoms with Crippen molar-refractivity contribution in [1.29, 1.82) is 0 Å². The van der Waals surface area contributed by atoms with Gasteiger partial charge in [0.1, 0.15) is 0 Å². The van der Waals surface area contributed by atoms with E-state index in [1.165, 1.54) is 7.11 Å². The number of Topliss-reactive ketones (excluding diaryl/α,β-unsaturated/α-hetero) is 1. The van der Waals surface area contributed by atoms with Gasteiger partial charge in [0.05, 0.1) is 12.7 Å². The van der Waals surface area contributed by atoms with Gasteiger partial charge in [0.25, 0.3) is 0 Å². The molecule has 1 aromatic carbocycles. The van der Waals surface area contributed by atoms with E-state index in [9.17, 15) is 9.59 Å². The third-order valence-electron chi connectivity index (χ3n) is 2.67. The smallest absolute Gasteiger partial charge is 0.337 e. The lowest BCUT2D eigenvalue weighted by molar-refractivity contribution is 0.0600. The molecule has 0 N–H and O–H groups in total. The number of carbonyl (C=O) groups excluding carboxylic acids is 2. The number of ketones is 1. The summed E-state index contributed by atoms with van der Waals surface area (Å²) in [4.78, 5) is 23.1. The number of esters is 1. The minimum absolute atomic E-state index is 0.126. The zero-order valence-corrected chi connectivity index (χ0v) is 12.0. The Morgan fingerprint density at radius 2 is 1.67 bits per heavy atom. The van der Waals surface area contributed by atoms with Crippen LogP contribution in [0.2, 0.25) is 0 Å². The van der Waals surface area contributed by atoms with Crippen LogP contribution in [0.25, 0.3) is 0 Å². The Labute approximate surface area is 116 Å². The van der Waals surface area contributed by atoms with Gasteiger partial charge < -0.3 is 4.74 Å². The SMILES string of the molecule is COC(=O)c1ccc(C(=O)CCCCCBr)cc1. The summed E-state index contributed by atoms with van der Waals surface area (Å²) >= 11 is 3.36. The molecular formula is C14H17BrO3. The zero-order chi connectivity index (χ0) is 13.4.